The number of esters is 1. The van der Waals surface area contributed by atoms with E-state index in [0.717, 1.165) is 5.56 Å². The molecule has 0 saturated heterocycles. The molecular weight excluding hydrogens is 337 g/mol. The third-order valence-electron chi connectivity index (χ3n) is 3.09. The predicted molar refractivity (Wildman–Crippen MR) is 91.6 cm³/mol. The van der Waals surface area contributed by atoms with Crippen molar-refractivity contribution in [3.63, 3.8) is 0 Å². The molecular formula is C17H15Cl2NO3. The van der Waals surface area contributed by atoms with Gasteiger partial charge in [0, 0.05) is 5.02 Å². The van der Waals surface area contributed by atoms with Crippen LogP contribution in [-0.4, -0.2) is 18.5 Å². The Morgan fingerprint density at radius 1 is 1.09 bits per heavy atom. The van der Waals surface area contributed by atoms with Crippen molar-refractivity contribution < 1.29 is 14.3 Å². The molecule has 0 aromatic heterocycles. The van der Waals surface area contributed by atoms with E-state index < -0.39 is 11.9 Å². The van der Waals surface area contributed by atoms with Crippen LogP contribution in [0, 0.1) is 6.92 Å². The highest BCUT2D eigenvalue weighted by atomic mass is 35.5. The number of anilines is 1. The molecule has 2 aromatic carbocycles. The molecule has 23 heavy (non-hydrogen) atoms. The monoisotopic (exact) mass is 351 g/mol. The molecule has 0 saturated carbocycles. The summed E-state index contributed by atoms with van der Waals surface area (Å²) in [6.07, 6.45) is 0. The fraction of sp³-hybridized carbons (Fsp3) is 0.176. The van der Waals surface area contributed by atoms with E-state index in [0.29, 0.717) is 16.3 Å². The van der Waals surface area contributed by atoms with Crippen molar-refractivity contribution in [1.82, 2.24) is 0 Å². The SMILES string of the molecule is CCOC(=O)c1cc(C)ccc1NC(=O)c1ccc(Cl)cc1Cl. The van der Waals surface area contributed by atoms with Gasteiger partial charge >= 0.3 is 5.97 Å². The summed E-state index contributed by atoms with van der Waals surface area (Å²) in [4.78, 5) is 24.4. The van der Waals surface area contributed by atoms with Crippen LogP contribution in [-0.2, 0) is 4.74 Å². The van der Waals surface area contributed by atoms with E-state index in [2.05, 4.69) is 5.32 Å². The van der Waals surface area contributed by atoms with Gasteiger partial charge in [-0.3, -0.25) is 4.79 Å². The van der Waals surface area contributed by atoms with Crippen LogP contribution >= 0.6 is 23.2 Å². The summed E-state index contributed by atoms with van der Waals surface area (Å²) in [6.45, 7) is 3.83. The van der Waals surface area contributed by atoms with E-state index in [4.69, 9.17) is 27.9 Å². The molecule has 0 unspecified atom stereocenters. The van der Waals surface area contributed by atoms with Gasteiger partial charge in [-0.25, -0.2) is 4.79 Å². The second kappa shape index (κ2) is 7.49. The quantitative estimate of drug-likeness (QED) is 0.810. The van der Waals surface area contributed by atoms with E-state index in [1.807, 2.05) is 6.92 Å². The highest BCUT2D eigenvalue weighted by Gasteiger charge is 2.17. The van der Waals surface area contributed by atoms with Gasteiger partial charge in [0.15, 0.2) is 0 Å². The van der Waals surface area contributed by atoms with Crippen molar-refractivity contribution in [2.45, 2.75) is 13.8 Å². The zero-order valence-corrected chi connectivity index (χ0v) is 14.2. The van der Waals surface area contributed by atoms with E-state index in [9.17, 15) is 9.59 Å². The first-order chi connectivity index (χ1) is 10.9. The van der Waals surface area contributed by atoms with Crippen molar-refractivity contribution in [1.29, 1.82) is 0 Å². The minimum Gasteiger partial charge on any atom is -0.462 e. The zero-order valence-electron chi connectivity index (χ0n) is 12.7. The normalized spacial score (nSPS) is 10.3. The molecule has 0 radical (unpaired) electrons. The first-order valence-corrected chi connectivity index (χ1v) is 7.72. The summed E-state index contributed by atoms with van der Waals surface area (Å²) < 4.78 is 5.02. The average molecular weight is 352 g/mol. The Kier molecular flexibility index (Phi) is 5.64. The van der Waals surface area contributed by atoms with Crippen molar-refractivity contribution >= 4 is 40.8 Å². The Balaban J connectivity index is 2.32. The van der Waals surface area contributed by atoms with Gasteiger partial charge in [-0.15, -0.1) is 0 Å². The molecule has 1 N–H and O–H groups in total. The largest absolute Gasteiger partial charge is 0.462 e. The molecule has 120 valence electrons. The molecule has 0 aliphatic rings. The number of rotatable bonds is 4. The lowest BCUT2D eigenvalue weighted by Crippen LogP contribution is -2.16. The Morgan fingerprint density at radius 3 is 2.48 bits per heavy atom. The molecule has 2 aromatic rings. The average Bonchev–Trinajstić information content (AvgIpc) is 2.49. The first-order valence-electron chi connectivity index (χ1n) is 6.96. The lowest BCUT2D eigenvalue weighted by Gasteiger charge is -2.12. The summed E-state index contributed by atoms with van der Waals surface area (Å²) in [7, 11) is 0. The highest BCUT2D eigenvalue weighted by molar-refractivity contribution is 6.37. The van der Waals surface area contributed by atoms with E-state index in [1.54, 1.807) is 31.2 Å². The summed E-state index contributed by atoms with van der Waals surface area (Å²) in [5.74, 6) is -0.922. The van der Waals surface area contributed by atoms with E-state index in [1.165, 1.54) is 12.1 Å². The molecule has 1 amide bonds. The molecule has 0 fully saturated rings. The zero-order chi connectivity index (χ0) is 17.0. The molecule has 0 aliphatic heterocycles. The maximum absolute atomic E-state index is 12.4. The number of carbonyl (C=O) groups excluding carboxylic acids is 2. The molecule has 0 heterocycles. The second-order valence-electron chi connectivity index (χ2n) is 4.85. The number of hydrogen-bond donors (Lipinski definition) is 1. The Hall–Kier alpha value is -2.04. The van der Waals surface area contributed by atoms with Crippen molar-refractivity contribution in [2.24, 2.45) is 0 Å². The van der Waals surface area contributed by atoms with Crippen LogP contribution in [0.2, 0.25) is 10.0 Å². The maximum Gasteiger partial charge on any atom is 0.340 e. The fourth-order valence-electron chi connectivity index (χ4n) is 2.01. The van der Waals surface area contributed by atoms with Gasteiger partial charge in [-0.2, -0.15) is 0 Å². The smallest absolute Gasteiger partial charge is 0.340 e. The van der Waals surface area contributed by atoms with Gasteiger partial charge in [-0.05, 0) is 44.2 Å². The van der Waals surface area contributed by atoms with Crippen molar-refractivity contribution in [3.05, 3.63) is 63.1 Å². The summed E-state index contributed by atoms with van der Waals surface area (Å²) in [5.41, 5.74) is 1.82. The minimum atomic E-state index is -0.492. The summed E-state index contributed by atoms with van der Waals surface area (Å²) in [6, 6.07) is 9.70. The Bertz CT molecular complexity index is 759. The highest BCUT2D eigenvalue weighted by Crippen LogP contribution is 2.24. The van der Waals surface area contributed by atoms with Crippen LogP contribution in [0.15, 0.2) is 36.4 Å². The number of nitrogens with one attached hydrogen (secondary N) is 1. The number of benzene rings is 2. The summed E-state index contributed by atoms with van der Waals surface area (Å²) >= 11 is 11.9. The van der Waals surface area contributed by atoms with Gasteiger partial charge in [0.1, 0.15) is 0 Å². The third-order valence-corrected chi connectivity index (χ3v) is 3.64. The second-order valence-corrected chi connectivity index (χ2v) is 5.69. The molecule has 6 heteroatoms. The minimum absolute atomic E-state index is 0.236. The lowest BCUT2D eigenvalue weighted by molar-refractivity contribution is 0.0527. The number of hydrogen-bond acceptors (Lipinski definition) is 3. The predicted octanol–water partition coefficient (Wildman–Crippen LogP) is 4.73. The van der Waals surface area contributed by atoms with Crippen molar-refractivity contribution in [2.75, 3.05) is 11.9 Å². The van der Waals surface area contributed by atoms with Crippen LogP contribution in [0.25, 0.3) is 0 Å². The van der Waals surface area contributed by atoms with Crippen LogP contribution in [0.1, 0.15) is 33.2 Å². The molecule has 0 bridgehead atoms. The third kappa shape index (κ3) is 4.24. The van der Waals surface area contributed by atoms with Gasteiger partial charge in [0.2, 0.25) is 0 Å². The van der Waals surface area contributed by atoms with Gasteiger partial charge in [0.25, 0.3) is 5.91 Å². The number of ether oxygens (including phenoxy) is 1. The fourth-order valence-corrected chi connectivity index (χ4v) is 2.50. The van der Waals surface area contributed by atoms with E-state index in [-0.39, 0.29) is 17.2 Å². The van der Waals surface area contributed by atoms with Crippen molar-refractivity contribution in [3.8, 4) is 0 Å². The van der Waals surface area contributed by atoms with Gasteiger partial charge < -0.3 is 10.1 Å². The topological polar surface area (TPSA) is 55.4 Å². The molecule has 0 aliphatic carbocycles. The number of carbonyl (C=O) groups is 2. The Morgan fingerprint density at radius 2 is 1.83 bits per heavy atom. The molecule has 2 rings (SSSR count). The summed E-state index contributed by atoms with van der Waals surface area (Å²) in [5, 5.41) is 3.36. The number of aryl methyl sites for hydroxylation is 1. The molecule has 0 spiro atoms. The maximum atomic E-state index is 12.4. The van der Waals surface area contributed by atoms with E-state index >= 15 is 0 Å². The van der Waals surface area contributed by atoms with Gasteiger partial charge in [0.05, 0.1) is 28.4 Å². The lowest BCUT2D eigenvalue weighted by atomic mass is 10.1. The number of halogens is 2. The molecule has 0 atom stereocenters. The van der Waals surface area contributed by atoms with Crippen LogP contribution in [0.4, 0.5) is 5.69 Å². The van der Waals surface area contributed by atoms with Crippen LogP contribution in [0.5, 0.6) is 0 Å². The van der Waals surface area contributed by atoms with Crippen LogP contribution < -0.4 is 5.32 Å². The van der Waals surface area contributed by atoms with Gasteiger partial charge in [-0.1, -0.05) is 34.8 Å². The standard InChI is InChI=1S/C17H15Cl2NO3/c1-3-23-17(22)13-8-10(2)4-7-15(13)20-16(21)12-6-5-11(18)9-14(12)19/h4-9H,3H2,1-2H3,(H,20,21). The number of amides is 1. The Labute approximate surface area is 144 Å². The molecule has 4 nitrogen and oxygen atoms in total. The first kappa shape index (κ1) is 17.3. The van der Waals surface area contributed by atoms with Crippen LogP contribution in [0.3, 0.4) is 0 Å².